The number of hydrogen-bond donors (Lipinski definition) is 1. The predicted molar refractivity (Wildman–Crippen MR) is 94.0 cm³/mol. The van der Waals surface area contributed by atoms with E-state index in [-0.39, 0.29) is 11.9 Å². The van der Waals surface area contributed by atoms with Crippen LogP contribution in [-0.2, 0) is 0 Å². The molecule has 2 aromatic rings. The summed E-state index contributed by atoms with van der Waals surface area (Å²) in [7, 11) is 6.89. The van der Waals surface area contributed by atoms with Crippen LogP contribution in [0.3, 0.4) is 0 Å². The zero-order chi connectivity index (χ0) is 17.7. The molecule has 1 N–H and O–H groups in total. The number of nitrogens with one attached hydrogen (secondary N) is 1. The number of hydrogen-bond acceptors (Lipinski definition) is 5. The summed E-state index contributed by atoms with van der Waals surface area (Å²) >= 11 is 0. The van der Waals surface area contributed by atoms with E-state index in [1.165, 1.54) is 0 Å². The van der Waals surface area contributed by atoms with Crippen LogP contribution in [0.5, 0.6) is 11.5 Å². The van der Waals surface area contributed by atoms with Crippen LogP contribution in [0.4, 0.5) is 5.82 Å². The summed E-state index contributed by atoms with van der Waals surface area (Å²) in [6.45, 7) is 1.92. The number of carbonyl (C=O) groups is 1. The number of carbonyl (C=O) groups excluding carboxylic acids is 1. The first kappa shape index (κ1) is 17.6. The molecule has 1 amide bonds. The van der Waals surface area contributed by atoms with Gasteiger partial charge in [0.2, 0.25) is 0 Å². The van der Waals surface area contributed by atoms with E-state index < -0.39 is 0 Å². The van der Waals surface area contributed by atoms with E-state index in [9.17, 15) is 4.79 Å². The molecular formula is C18H23N3O3. The molecule has 128 valence electrons. The lowest BCUT2D eigenvalue weighted by atomic mass is 10.1. The normalized spacial score (nSPS) is 11.5. The third-order valence-electron chi connectivity index (χ3n) is 3.71. The highest BCUT2D eigenvalue weighted by Gasteiger charge is 2.17. The molecule has 24 heavy (non-hydrogen) atoms. The Kier molecular flexibility index (Phi) is 5.63. The van der Waals surface area contributed by atoms with Gasteiger partial charge in [-0.1, -0.05) is 6.07 Å². The Labute approximate surface area is 142 Å². The van der Waals surface area contributed by atoms with Gasteiger partial charge in [0.05, 0.1) is 25.8 Å². The van der Waals surface area contributed by atoms with E-state index in [1.54, 1.807) is 32.5 Å². The maximum absolute atomic E-state index is 12.6. The summed E-state index contributed by atoms with van der Waals surface area (Å²) in [4.78, 5) is 18.7. The topological polar surface area (TPSA) is 63.7 Å². The largest absolute Gasteiger partial charge is 0.493 e. The number of aromatic nitrogens is 1. The van der Waals surface area contributed by atoms with Crippen molar-refractivity contribution in [2.45, 2.75) is 13.0 Å². The fourth-order valence-electron chi connectivity index (χ4n) is 2.41. The number of methoxy groups -OCH3 is 2. The Bertz CT molecular complexity index is 716. The van der Waals surface area contributed by atoms with Gasteiger partial charge in [0, 0.05) is 20.3 Å². The van der Waals surface area contributed by atoms with Crippen LogP contribution < -0.4 is 19.7 Å². The van der Waals surface area contributed by atoms with E-state index in [2.05, 4.69) is 10.3 Å². The summed E-state index contributed by atoms with van der Waals surface area (Å²) in [5.74, 6) is 1.75. The number of ether oxygens (including phenoxy) is 2. The van der Waals surface area contributed by atoms with Crippen molar-refractivity contribution in [3.05, 3.63) is 47.7 Å². The van der Waals surface area contributed by atoms with E-state index >= 15 is 0 Å². The Morgan fingerprint density at radius 1 is 1.17 bits per heavy atom. The summed E-state index contributed by atoms with van der Waals surface area (Å²) in [6, 6.07) is 8.92. The molecular weight excluding hydrogens is 306 g/mol. The van der Waals surface area contributed by atoms with Crippen molar-refractivity contribution in [3.8, 4) is 11.5 Å². The molecule has 0 aliphatic heterocycles. The summed E-state index contributed by atoms with van der Waals surface area (Å²) in [6.07, 6.45) is 1.67. The Balaban J connectivity index is 2.21. The fraction of sp³-hybridized carbons (Fsp3) is 0.333. The van der Waals surface area contributed by atoms with Crippen molar-refractivity contribution in [2.24, 2.45) is 0 Å². The predicted octanol–water partition coefficient (Wildman–Crippen LogP) is 2.66. The molecule has 1 aromatic heterocycles. The smallest absolute Gasteiger partial charge is 0.255 e. The minimum absolute atomic E-state index is 0.172. The lowest BCUT2D eigenvalue weighted by molar-refractivity contribution is 0.0940. The van der Waals surface area contributed by atoms with Crippen molar-refractivity contribution in [1.82, 2.24) is 10.3 Å². The second-order valence-corrected chi connectivity index (χ2v) is 5.58. The molecule has 0 saturated carbocycles. The third-order valence-corrected chi connectivity index (χ3v) is 3.71. The lowest BCUT2D eigenvalue weighted by Crippen LogP contribution is -2.28. The molecule has 1 heterocycles. The van der Waals surface area contributed by atoms with Crippen molar-refractivity contribution < 1.29 is 14.3 Å². The van der Waals surface area contributed by atoms with Gasteiger partial charge in [-0.3, -0.25) is 4.79 Å². The van der Waals surface area contributed by atoms with Gasteiger partial charge >= 0.3 is 0 Å². The molecule has 0 fully saturated rings. The molecule has 1 unspecified atom stereocenters. The number of rotatable bonds is 6. The van der Waals surface area contributed by atoms with Gasteiger partial charge in [-0.15, -0.1) is 0 Å². The van der Waals surface area contributed by atoms with Crippen LogP contribution in [-0.4, -0.2) is 39.2 Å². The van der Waals surface area contributed by atoms with E-state index in [4.69, 9.17) is 9.47 Å². The Morgan fingerprint density at radius 2 is 1.88 bits per heavy atom. The van der Waals surface area contributed by atoms with Crippen LogP contribution >= 0.6 is 0 Å². The second kappa shape index (κ2) is 7.68. The quantitative estimate of drug-likeness (QED) is 0.883. The molecule has 2 rings (SSSR count). The zero-order valence-corrected chi connectivity index (χ0v) is 14.7. The number of pyridine rings is 1. The highest BCUT2D eigenvalue weighted by molar-refractivity contribution is 5.99. The first-order valence-corrected chi connectivity index (χ1v) is 7.63. The van der Waals surface area contributed by atoms with Gasteiger partial charge < -0.3 is 19.7 Å². The highest BCUT2D eigenvalue weighted by atomic mass is 16.5. The zero-order valence-electron chi connectivity index (χ0n) is 14.7. The molecule has 0 radical (unpaired) electrons. The van der Waals surface area contributed by atoms with Gasteiger partial charge in [-0.25, -0.2) is 4.98 Å². The van der Waals surface area contributed by atoms with Gasteiger partial charge in [0.25, 0.3) is 5.91 Å². The van der Waals surface area contributed by atoms with Crippen molar-refractivity contribution in [2.75, 3.05) is 33.2 Å². The standard InChI is InChI=1S/C18H23N3O3/c1-12(13-8-9-15(23-4)16(11-13)24-5)20-18(22)14-7-6-10-19-17(14)21(2)3/h6-12H,1-5H3,(H,20,22). The monoisotopic (exact) mass is 329 g/mol. The molecule has 6 nitrogen and oxygen atoms in total. The van der Waals surface area contributed by atoms with Crippen LogP contribution in [0.15, 0.2) is 36.5 Å². The minimum atomic E-state index is -0.187. The Morgan fingerprint density at radius 3 is 2.50 bits per heavy atom. The van der Waals surface area contributed by atoms with Crippen LogP contribution in [0, 0.1) is 0 Å². The number of nitrogens with zero attached hydrogens (tertiary/aromatic N) is 2. The van der Waals surface area contributed by atoms with E-state index in [0.717, 1.165) is 5.56 Å². The summed E-state index contributed by atoms with van der Waals surface area (Å²) < 4.78 is 10.6. The van der Waals surface area contributed by atoms with Gasteiger partial charge in [-0.05, 0) is 36.8 Å². The number of anilines is 1. The minimum Gasteiger partial charge on any atom is -0.493 e. The van der Waals surface area contributed by atoms with Crippen molar-refractivity contribution in [3.63, 3.8) is 0 Å². The second-order valence-electron chi connectivity index (χ2n) is 5.58. The molecule has 0 aliphatic rings. The molecule has 1 aromatic carbocycles. The van der Waals surface area contributed by atoms with Gasteiger partial charge in [-0.2, -0.15) is 0 Å². The summed E-state index contributed by atoms with van der Waals surface area (Å²) in [5.41, 5.74) is 1.46. The molecule has 0 spiro atoms. The average molecular weight is 329 g/mol. The van der Waals surface area contributed by atoms with E-state index in [0.29, 0.717) is 22.9 Å². The molecule has 0 saturated heterocycles. The summed E-state index contributed by atoms with van der Waals surface area (Å²) in [5, 5.41) is 2.99. The van der Waals surface area contributed by atoms with Crippen molar-refractivity contribution >= 4 is 11.7 Å². The SMILES string of the molecule is COc1ccc(C(C)NC(=O)c2cccnc2N(C)C)cc1OC. The Hall–Kier alpha value is -2.76. The van der Waals surface area contributed by atoms with Crippen molar-refractivity contribution in [1.29, 1.82) is 0 Å². The molecule has 0 bridgehead atoms. The third kappa shape index (κ3) is 3.76. The van der Waals surface area contributed by atoms with Crippen LogP contribution in [0.1, 0.15) is 28.9 Å². The first-order valence-electron chi connectivity index (χ1n) is 7.63. The fourth-order valence-corrected chi connectivity index (χ4v) is 2.41. The lowest BCUT2D eigenvalue weighted by Gasteiger charge is -2.19. The maximum Gasteiger partial charge on any atom is 0.255 e. The maximum atomic E-state index is 12.6. The van der Waals surface area contributed by atoms with Gasteiger partial charge in [0.15, 0.2) is 11.5 Å². The molecule has 1 atom stereocenters. The first-order chi connectivity index (χ1) is 11.5. The highest BCUT2D eigenvalue weighted by Crippen LogP contribution is 2.30. The van der Waals surface area contributed by atoms with Crippen LogP contribution in [0.2, 0.25) is 0 Å². The number of benzene rings is 1. The average Bonchev–Trinajstić information content (AvgIpc) is 2.60. The van der Waals surface area contributed by atoms with Crippen LogP contribution in [0.25, 0.3) is 0 Å². The molecule has 6 heteroatoms. The number of amides is 1. The molecule has 0 aliphatic carbocycles. The van der Waals surface area contributed by atoms with Gasteiger partial charge in [0.1, 0.15) is 5.82 Å². The van der Waals surface area contributed by atoms with E-state index in [1.807, 2.05) is 44.1 Å².